The molecule has 0 bridgehead atoms. The average molecular weight is 662 g/mol. The van der Waals surface area contributed by atoms with Gasteiger partial charge in [-0.05, 0) is 97.3 Å². The van der Waals surface area contributed by atoms with Crippen LogP contribution in [0, 0.1) is 5.41 Å². The van der Waals surface area contributed by atoms with Crippen molar-refractivity contribution in [2.45, 2.75) is 96.0 Å². The molecule has 1 spiro atoms. The molecular weight excluding hydrogens is 611 g/mol. The van der Waals surface area contributed by atoms with Crippen LogP contribution in [0.3, 0.4) is 0 Å². The number of aromatic hydroxyl groups is 1. The first-order valence-electron chi connectivity index (χ1n) is 17.6. The molecule has 48 heavy (non-hydrogen) atoms. The maximum atomic E-state index is 14.6. The number of carbonyl (C=O) groups excluding carboxylic acids is 1. The highest BCUT2D eigenvalue weighted by atomic mass is 28.4. The summed E-state index contributed by atoms with van der Waals surface area (Å²) in [6.45, 7) is 14.3. The second-order valence-electron chi connectivity index (χ2n) is 15.3. The van der Waals surface area contributed by atoms with Crippen molar-refractivity contribution in [1.29, 1.82) is 0 Å². The van der Waals surface area contributed by atoms with Crippen molar-refractivity contribution in [2.75, 3.05) is 11.5 Å². The number of para-hydroxylation sites is 1. The molecule has 1 N–H and O–H groups in total. The minimum absolute atomic E-state index is 0.0604. The number of amides is 1. The van der Waals surface area contributed by atoms with E-state index in [9.17, 15) is 9.90 Å². The number of β-lactam (4-membered cyclic amide) rings is 1. The molecule has 1 saturated heterocycles. The lowest BCUT2D eigenvalue weighted by atomic mass is 9.56. The molecule has 4 aromatic carbocycles. The van der Waals surface area contributed by atoms with Gasteiger partial charge < -0.3 is 19.2 Å². The zero-order chi connectivity index (χ0) is 34.2. The van der Waals surface area contributed by atoms with Gasteiger partial charge in [-0.3, -0.25) is 4.79 Å². The van der Waals surface area contributed by atoms with Gasteiger partial charge in [0.1, 0.15) is 11.5 Å². The van der Waals surface area contributed by atoms with Crippen LogP contribution in [0.4, 0.5) is 5.69 Å². The van der Waals surface area contributed by atoms with Crippen LogP contribution in [-0.2, 0) is 14.8 Å². The van der Waals surface area contributed by atoms with Gasteiger partial charge in [-0.1, -0.05) is 107 Å². The minimum Gasteiger partial charge on any atom is -0.508 e. The molecule has 5 nitrogen and oxygen atoms in total. The Labute approximate surface area is 288 Å². The Balaban J connectivity index is 1.43. The van der Waals surface area contributed by atoms with E-state index >= 15 is 0 Å². The summed E-state index contributed by atoms with van der Waals surface area (Å²) in [5.74, 6) is 1.22. The lowest BCUT2D eigenvalue weighted by Crippen LogP contribution is -2.66. The summed E-state index contributed by atoms with van der Waals surface area (Å²) >= 11 is 0. The fourth-order valence-electron chi connectivity index (χ4n) is 7.44. The van der Waals surface area contributed by atoms with E-state index in [2.05, 4.69) is 89.3 Å². The van der Waals surface area contributed by atoms with E-state index in [0.29, 0.717) is 6.61 Å². The molecule has 0 aromatic heterocycles. The van der Waals surface area contributed by atoms with Gasteiger partial charge in [-0.15, -0.1) is 0 Å². The molecule has 0 radical (unpaired) electrons. The zero-order valence-corrected chi connectivity index (χ0v) is 30.5. The molecule has 252 valence electrons. The number of ether oxygens (including phenoxy) is 1. The molecule has 2 fully saturated rings. The van der Waals surface area contributed by atoms with Gasteiger partial charge in [0.25, 0.3) is 0 Å². The van der Waals surface area contributed by atoms with Crippen LogP contribution >= 0.6 is 0 Å². The third kappa shape index (κ3) is 6.21. The lowest BCUT2D eigenvalue weighted by Gasteiger charge is -2.61. The van der Waals surface area contributed by atoms with Gasteiger partial charge in [0.2, 0.25) is 5.91 Å². The molecule has 6 heteroatoms. The van der Waals surface area contributed by atoms with Crippen molar-refractivity contribution >= 4 is 19.9 Å². The number of anilines is 1. The number of carbonyl (C=O) groups is 1. The van der Waals surface area contributed by atoms with Crippen LogP contribution in [0.2, 0.25) is 18.1 Å². The number of phenols is 1. The molecular formula is C42H51NO4Si. The Morgan fingerprint density at radius 1 is 0.833 bits per heavy atom. The van der Waals surface area contributed by atoms with Crippen molar-refractivity contribution < 1.29 is 19.1 Å². The molecule has 6 rings (SSSR count). The number of rotatable bonds is 10. The SMILES string of the molecule is CCCCOc1cc(-c2cccc(O)c2)ccc1[C@H]1N(c2ccccc2)C(=O)C12CCC(O[Si](C)(C)C(C)(C)C)(c1ccccc1)CC2. The Hall–Kier alpha value is -3.87. The van der Waals surface area contributed by atoms with E-state index in [1.54, 1.807) is 12.1 Å². The Kier molecular flexibility index (Phi) is 9.36. The predicted molar refractivity (Wildman–Crippen MR) is 198 cm³/mol. The van der Waals surface area contributed by atoms with Gasteiger partial charge in [0, 0.05) is 11.3 Å². The van der Waals surface area contributed by atoms with E-state index in [0.717, 1.165) is 66.7 Å². The van der Waals surface area contributed by atoms with Crippen LogP contribution in [0.1, 0.15) is 83.4 Å². The van der Waals surface area contributed by atoms with E-state index < -0.39 is 19.3 Å². The second-order valence-corrected chi connectivity index (χ2v) is 20.0. The topological polar surface area (TPSA) is 59.0 Å². The number of hydrogen-bond acceptors (Lipinski definition) is 4. The Morgan fingerprint density at radius 2 is 1.48 bits per heavy atom. The fraction of sp³-hybridized carbons (Fsp3) is 0.405. The highest BCUT2D eigenvalue weighted by molar-refractivity contribution is 6.74. The van der Waals surface area contributed by atoms with Crippen LogP contribution in [0.5, 0.6) is 11.5 Å². The third-order valence-corrected chi connectivity index (χ3v) is 15.7. The van der Waals surface area contributed by atoms with Crippen LogP contribution in [0.25, 0.3) is 11.1 Å². The Bertz CT molecular complexity index is 1720. The first-order valence-corrected chi connectivity index (χ1v) is 20.5. The third-order valence-electron chi connectivity index (χ3n) is 11.2. The van der Waals surface area contributed by atoms with Crippen molar-refractivity contribution in [1.82, 2.24) is 0 Å². The second kappa shape index (κ2) is 13.2. The maximum Gasteiger partial charge on any atom is 0.236 e. The highest BCUT2D eigenvalue weighted by Gasteiger charge is 2.65. The first kappa shape index (κ1) is 34.0. The lowest BCUT2D eigenvalue weighted by molar-refractivity contribution is -0.149. The van der Waals surface area contributed by atoms with E-state index in [1.807, 2.05) is 47.4 Å². The summed E-state index contributed by atoms with van der Waals surface area (Å²) in [6.07, 6.45) is 4.98. The molecule has 1 saturated carbocycles. The molecule has 0 unspecified atom stereocenters. The maximum absolute atomic E-state index is 14.6. The first-order chi connectivity index (χ1) is 22.9. The summed E-state index contributed by atoms with van der Waals surface area (Å²) < 4.78 is 14.0. The van der Waals surface area contributed by atoms with Gasteiger partial charge in [0.05, 0.1) is 23.7 Å². The number of benzene rings is 4. The van der Waals surface area contributed by atoms with Crippen molar-refractivity contribution in [3.63, 3.8) is 0 Å². The van der Waals surface area contributed by atoms with Gasteiger partial charge in [0.15, 0.2) is 8.32 Å². The standard InChI is InChI=1S/C42H51NO4Si/c1-7-8-28-46-37-30-32(31-16-15-21-35(44)29-31)22-23-36(37)38-41(39(45)43(38)34-19-13-10-14-20-34)24-26-42(27-25-41,33-17-11-9-12-18-33)47-48(5,6)40(2,3)4/h9-23,29-30,38,44H,7-8,24-28H2,1-6H3/t38-,41?,42?/m1/s1. The van der Waals surface area contributed by atoms with Gasteiger partial charge >= 0.3 is 0 Å². The summed E-state index contributed by atoms with van der Waals surface area (Å²) in [7, 11) is -2.15. The predicted octanol–water partition coefficient (Wildman–Crippen LogP) is 10.8. The smallest absolute Gasteiger partial charge is 0.236 e. The number of phenolic OH excluding ortho intramolecular Hbond substituents is 1. The molecule has 2 aliphatic rings. The largest absolute Gasteiger partial charge is 0.508 e. The minimum atomic E-state index is -2.15. The van der Waals surface area contributed by atoms with Crippen molar-refractivity contribution in [3.05, 3.63) is 114 Å². The summed E-state index contributed by atoms with van der Waals surface area (Å²) in [4.78, 5) is 16.6. The van der Waals surface area contributed by atoms with Gasteiger partial charge in [-0.2, -0.15) is 0 Å². The van der Waals surface area contributed by atoms with Crippen LogP contribution in [-0.4, -0.2) is 25.9 Å². The van der Waals surface area contributed by atoms with Crippen LogP contribution in [0.15, 0.2) is 103 Å². The fourth-order valence-corrected chi connectivity index (χ4v) is 9.05. The van der Waals surface area contributed by atoms with Crippen molar-refractivity contribution in [2.24, 2.45) is 5.41 Å². The normalized spacial score (nSPS) is 22.8. The molecule has 1 aliphatic heterocycles. The van der Waals surface area contributed by atoms with Crippen LogP contribution < -0.4 is 9.64 Å². The quantitative estimate of drug-likeness (QED) is 0.104. The summed E-state index contributed by atoms with van der Waals surface area (Å²) in [5.41, 5.74) is 4.05. The number of nitrogens with zero attached hydrogens (tertiary/aromatic N) is 1. The number of hydrogen-bond donors (Lipinski definition) is 1. The molecule has 1 heterocycles. The van der Waals surface area contributed by atoms with E-state index in [1.165, 1.54) is 5.56 Å². The summed E-state index contributed by atoms with van der Waals surface area (Å²) in [6, 6.07) is 34.3. The zero-order valence-electron chi connectivity index (χ0n) is 29.5. The monoisotopic (exact) mass is 661 g/mol. The molecule has 1 amide bonds. The molecule has 1 atom stereocenters. The molecule has 4 aromatic rings. The van der Waals surface area contributed by atoms with Crippen molar-refractivity contribution in [3.8, 4) is 22.6 Å². The highest BCUT2D eigenvalue weighted by Crippen LogP contribution is 2.64. The Morgan fingerprint density at radius 3 is 2.10 bits per heavy atom. The van der Waals surface area contributed by atoms with E-state index in [4.69, 9.17) is 9.16 Å². The number of unbranched alkanes of at least 4 members (excludes halogenated alkanes) is 1. The summed E-state index contributed by atoms with van der Waals surface area (Å²) in [5, 5.41) is 10.3. The van der Waals surface area contributed by atoms with E-state index in [-0.39, 0.29) is 22.7 Å². The van der Waals surface area contributed by atoms with Gasteiger partial charge in [-0.25, -0.2) is 0 Å². The molecule has 1 aliphatic carbocycles. The average Bonchev–Trinajstić information content (AvgIpc) is 3.08.